The van der Waals surface area contributed by atoms with E-state index in [4.69, 9.17) is 4.74 Å². The Kier molecular flexibility index (Phi) is 6.45. The number of hydrogen-bond donors (Lipinski definition) is 1. The monoisotopic (exact) mass is 346 g/mol. The van der Waals surface area contributed by atoms with E-state index in [2.05, 4.69) is 9.80 Å². The lowest BCUT2D eigenvalue weighted by Gasteiger charge is -2.42. The molecule has 25 heavy (non-hydrogen) atoms. The molecule has 0 saturated carbocycles. The molecule has 1 aromatic carbocycles. The van der Waals surface area contributed by atoms with Gasteiger partial charge in [-0.05, 0) is 57.5 Å². The maximum atomic E-state index is 12.8. The number of benzene rings is 1. The molecule has 0 aromatic heterocycles. The van der Waals surface area contributed by atoms with E-state index in [1.54, 1.807) is 25.3 Å². The number of Topliss-reactive ketones (excluding diaryl/α,β-unsaturated/α-hetero) is 1. The van der Waals surface area contributed by atoms with Crippen molar-refractivity contribution in [2.45, 2.75) is 31.7 Å². The van der Waals surface area contributed by atoms with Gasteiger partial charge in [-0.2, -0.15) is 0 Å². The zero-order valence-electron chi connectivity index (χ0n) is 15.2. The second-order valence-corrected chi connectivity index (χ2v) is 7.31. The number of nitrogens with zero attached hydrogens (tertiary/aromatic N) is 2. The number of hydrogen-bond acceptors (Lipinski definition) is 5. The normalized spacial score (nSPS) is 23.6. The highest BCUT2D eigenvalue weighted by Gasteiger charge is 2.32. The summed E-state index contributed by atoms with van der Waals surface area (Å²) in [5.41, 5.74) is 0.640. The summed E-state index contributed by atoms with van der Waals surface area (Å²) in [7, 11) is 1.75. The Morgan fingerprint density at radius 1 is 1.24 bits per heavy atom. The van der Waals surface area contributed by atoms with Crippen molar-refractivity contribution >= 4 is 5.78 Å². The molecule has 2 heterocycles. The van der Waals surface area contributed by atoms with Gasteiger partial charge in [0.1, 0.15) is 5.75 Å². The topological polar surface area (TPSA) is 53.0 Å². The average molecular weight is 346 g/mol. The lowest BCUT2D eigenvalue weighted by Crippen LogP contribution is -2.49. The van der Waals surface area contributed by atoms with Crippen molar-refractivity contribution in [3.63, 3.8) is 0 Å². The van der Waals surface area contributed by atoms with E-state index in [9.17, 15) is 9.90 Å². The van der Waals surface area contributed by atoms with Crippen LogP contribution in [0.3, 0.4) is 0 Å². The molecule has 0 spiro atoms. The van der Waals surface area contributed by atoms with Crippen molar-refractivity contribution in [2.75, 3.05) is 46.4 Å². The quantitative estimate of drug-likeness (QED) is 0.802. The van der Waals surface area contributed by atoms with Crippen molar-refractivity contribution < 1.29 is 14.6 Å². The smallest absolute Gasteiger partial charge is 0.167 e. The van der Waals surface area contributed by atoms with Crippen molar-refractivity contribution in [1.82, 2.24) is 9.80 Å². The first-order valence-electron chi connectivity index (χ1n) is 9.46. The maximum Gasteiger partial charge on any atom is 0.167 e. The van der Waals surface area contributed by atoms with Crippen molar-refractivity contribution in [3.8, 4) is 5.75 Å². The van der Waals surface area contributed by atoms with Crippen molar-refractivity contribution in [2.24, 2.45) is 5.92 Å². The summed E-state index contributed by atoms with van der Waals surface area (Å²) in [4.78, 5) is 17.8. The summed E-state index contributed by atoms with van der Waals surface area (Å²) in [6.07, 6.45) is 4.39. The predicted octanol–water partition coefficient (Wildman–Crippen LogP) is 2.40. The van der Waals surface area contributed by atoms with Gasteiger partial charge in [-0.15, -0.1) is 0 Å². The Bertz CT molecular complexity index is 570. The van der Waals surface area contributed by atoms with Crippen LogP contribution in [0.2, 0.25) is 0 Å². The highest BCUT2D eigenvalue weighted by Crippen LogP contribution is 2.26. The Morgan fingerprint density at radius 2 is 2.04 bits per heavy atom. The summed E-state index contributed by atoms with van der Waals surface area (Å²) in [6, 6.07) is 7.36. The molecule has 1 N–H and O–H groups in total. The predicted molar refractivity (Wildman–Crippen MR) is 98.1 cm³/mol. The first-order valence-corrected chi connectivity index (χ1v) is 9.46. The van der Waals surface area contributed by atoms with E-state index in [1.165, 1.54) is 12.8 Å². The highest BCUT2D eigenvalue weighted by molar-refractivity contribution is 5.98. The number of carbonyl (C=O) groups is 1. The van der Waals surface area contributed by atoms with Crippen LogP contribution in [0.4, 0.5) is 0 Å². The van der Waals surface area contributed by atoms with E-state index in [-0.39, 0.29) is 17.5 Å². The first kappa shape index (κ1) is 18.4. The van der Waals surface area contributed by atoms with Gasteiger partial charge in [0.15, 0.2) is 5.78 Å². The Balaban J connectivity index is 1.54. The zero-order chi connectivity index (χ0) is 17.6. The van der Waals surface area contributed by atoms with Gasteiger partial charge in [0.05, 0.1) is 6.61 Å². The van der Waals surface area contributed by atoms with Crippen molar-refractivity contribution in [1.29, 1.82) is 0 Å². The highest BCUT2D eigenvalue weighted by atomic mass is 16.5. The first-order chi connectivity index (χ1) is 12.2. The third kappa shape index (κ3) is 4.81. The number of rotatable bonds is 6. The van der Waals surface area contributed by atoms with Gasteiger partial charge in [0, 0.05) is 37.7 Å². The molecule has 5 heteroatoms. The number of phenols is 1. The average Bonchev–Trinajstić information content (AvgIpc) is 2.66. The number of ether oxygens (including phenoxy) is 1. The van der Waals surface area contributed by atoms with E-state index in [1.807, 2.05) is 6.07 Å². The molecule has 2 fully saturated rings. The SMILES string of the molecule is COCCN1CCC(N2CCCC(C(=O)c3cccc(O)c3)C2)CC1. The van der Waals surface area contributed by atoms with Crippen LogP contribution in [0, 0.1) is 5.92 Å². The largest absolute Gasteiger partial charge is 0.508 e. The van der Waals surface area contributed by atoms with Gasteiger partial charge < -0.3 is 14.7 Å². The van der Waals surface area contributed by atoms with Crippen LogP contribution in [0.25, 0.3) is 0 Å². The van der Waals surface area contributed by atoms with Gasteiger partial charge in [0.2, 0.25) is 0 Å². The summed E-state index contributed by atoms with van der Waals surface area (Å²) in [5, 5.41) is 9.63. The molecular formula is C20H30N2O3. The van der Waals surface area contributed by atoms with Gasteiger partial charge >= 0.3 is 0 Å². The number of likely N-dealkylation sites (tertiary alicyclic amines) is 2. The molecule has 0 amide bonds. The van der Waals surface area contributed by atoms with Crippen LogP contribution < -0.4 is 0 Å². The summed E-state index contributed by atoms with van der Waals surface area (Å²) >= 11 is 0. The Labute approximate surface area is 150 Å². The molecule has 3 rings (SSSR count). The van der Waals surface area contributed by atoms with Gasteiger partial charge in [-0.25, -0.2) is 0 Å². The molecule has 1 atom stereocenters. The third-order valence-electron chi connectivity index (χ3n) is 5.64. The minimum atomic E-state index is 0.0575. The molecule has 0 radical (unpaired) electrons. The fraction of sp³-hybridized carbons (Fsp3) is 0.650. The van der Waals surface area contributed by atoms with Crippen LogP contribution in [0.15, 0.2) is 24.3 Å². The van der Waals surface area contributed by atoms with E-state index < -0.39 is 0 Å². The lowest BCUT2D eigenvalue weighted by molar-refractivity contribution is 0.0541. The van der Waals surface area contributed by atoms with E-state index in [0.29, 0.717) is 11.6 Å². The Morgan fingerprint density at radius 3 is 2.76 bits per heavy atom. The number of methoxy groups -OCH3 is 1. The number of aromatic hydroxyl groups is 1. The Hall–Kier alpha value is -1.43. The molecule has 2 saturated heterocycles. The molecule has 0 aliphatic carbocycles. The molecule has 2 aliphatic heterocycles. The van der Waals surface area contributed by atoms with Gasteiger partial charge in [0.25, 0.3) is 0 Å². The molecule has 138 valence electrons. The fourth-order valence-corrected chi connectivity index (χ4v) is 4.18. The van der Waals surface area contributed by atoms with Crippen LogP contribution in [-0.2, 0) is 4.74 Å². The zero-order valence-corrected chi connectivity index (χ0v) is 15.2. The molecule has 1 unspecified atom stereocenters. The minimum absolute atomic E-state index is 0.0575. The van der Waals surface area contributed by atoms with Gasteiger partial charge in [-0.1, -0.05) is 12.1 Å². The summed E-state index contributed by atoms with van der Waals surface area (Å²) in [5.74, 6) is 0.405. The molecule has 0 bridgehead atoms. The lowest BCUT2D eigenvalue weighted by atomic mass is 9.88. The second-order valence-electron chi connectivity index (χ2n) is 7.31. The van der Waals surface area contributed by atoms with E-state index in [0.717, 1.165) is 52.2 Å². The molecule has 1 aromatic rings. The second kappa shape index (κ2) is 8.79. The minimum Gasteiger partial charge on any atom is -0.508 e. The molecule has 2 aliphatic rings. The van der Waals surface area contributed by atoms with E-state index >= 15 is 0 Å². The summed E-state index contributed by atoms with van der Waals surface area (Å²) in [6.45, 7) is 6.02. The van der Waals surface area contributed by atoms with Crippen LogP contribution in [-0.4, -0.2) is 73.2 Å². The summed E-state index contributed by atoms with van der Waals surface area (Å²) < 4.78 is 5.17. The van der Waals surface area contributed by atoms with Crippen LogP contribution >= 0.6 is 0 Å². The number of carbonyl (C=O) groups excluding carboxylic acids is 1. The third-order valence-corrected chi connectivity index (χ3v) is 5.64. The van der Waals surface area contributed by atoms with Crippen LogP contribution in [0.5, 0.6) is 5.75 Å². The number of ketones is 1. The van der Waals surface area contributed by atoms with Gasteiger partial charge in [-0.3, -0.25) is 9.69 Å². The molecular weight excluding hydrogens is 316 g/mol. The van der Waals surface area contributed by atoms with Crippen molar-refractivity contribution in [3.05, 3.63) is 29.8 Å². The fourth-order valence-electron chi connectivity index (χ4n) is 4.18. The number of phenolic OH excluding ortho intramolecular Hbond substituents is 1. The maximum absolute atomic E-state index is 12.8. The standard InChI is InChI=1S/C20H30N2O3/c1-25-13-12-21-10-7-18(8-11-21)22-9-3-5-17(15-22)20(24)16-4-2-6-19(23)14-16/h2,4,6,14,17-18,23H,3,5,7-13,15H2,1H3. The molecule has 5 nitrogen and oxygen atoms in total. The van der Waals surface area contributed by atoms with Crippen LogP contribution in [0.1, 0.15) is 36.0 Å². The number of piperidine rings is 2.